The molecule has 1 saturated heterocycles. The minimum absolute atomic E-state index is 0.125. The Labute approximate surface area is 150 Å². The highest BCUT2D eigenvalue weighted by Crippen LogP contribution is 2.22. The number of amides is 1. The van der Waals surface area contributed by atoms with Gasteiger partial charge in [0.05, 0.1) is 6.42 Å². The van der Waals surface area contributed by atoms with Gasteiger partial charge in [0.15, 0.2) is 5.58 Å². The Morgan fingerprint density at radius 3 is 2.64 bits per heavy atom. The van der Waals surface area contributed by atoms with Crippen LogP contribution in [0.15, 0.2) is 52.9 Å². The summed E-state index contributed by atoms with van der Waals surface area (Å²) in [6.45, 7) is 2.76. The van der Waals surface area contributed by atoms with Crippen molar-refractivity contribution in [2.45, 2.75) is 6.42 Å². The van der Waals surface area contributed by atoms with E-state index in [0.717, 1.165) is 16.7 Å². The van der Waals surface area contributed by atoms with Gasteiger partial charge in [0, 0.05) is 31.2 Å². The van der Waals surface area contributed by atoms with Gasteiger partial charge in [0.25, 0.3) is 6.01 Å². The molecule has 0 spiro atoms. The molecule has 25 heavy (non-hydrogen) atoms. The largest absolute Gasteiger partial charge is 0.423 e. The normalized spacial score (nSPS) is 14.9. The fourth-order valence-electron chi connectivity index (χ4n) is 3.08. The number of piperazine rings is 1. The number of carbonyl (C=O) groups excluding carboxylic acids is 1. The Morgan fingerprint density at radius 2 is 1.88 bits per heavy atom. The first-order valence-corrected chi connectivity index (χ1v) is 8.69. The van der Waals surface area contributed by atoms with Gasteiger partial charge in [-0.15, -0.1) is 0 Å². The molecule has 0 saturated carbocycles. The molecule has 2 aromatic carbocycles. The second-order valence-corrected chi connectivity index (χ2v) is 6.58. The minimum Gasteiger partial charge on any atom is -0.423 e. The Bertz CT molecular complexity index is 867. The van der Waals surface area contributed by atoms with Gasteiger partial charge in [-0.2, -0.15) is 4.98 Å². The molecular formula is C19H18ClN3O2. The maximum atomic E-state index is 12.5. The molecule has 0 aliphatic carbocycles. The SMILES string of the molecule is O=C(Cc1cccc(Cl)c1)N1CCN(c2nc3ccccc3o2)CC1. The van der Waals surface area contributed by atoms with E-state index in [1.54, 1.807) is 0 Å². The predicted molar refractivity (Wildman–Crippen MR) is 98.0 cm³/mol. The topological polar surface area (TPSA) is 49.6 Å². The third-order valence-corrected chi connectivity index (χ3v) is 4.66. The van der Waals surface area contributed by atoms with Crippen molar-refractivity contribution in [2.24, 2.45) is 0 Å². The summed E-state index contributed by atoms with van der Waals surface area (Å²) in [5, 5.41) is 0.658. The lowest BCUT2D eigenvalue weighted by Crippen LogP contribution is -2.49. The molecule has 0 N–H and O–H groups in total. The van der Waals surface area contributed by atoms with Crippen LogP contribution in [0.5, 0.6) is 0 Å². The van der Waals surface area contributed by atoms with E-state index in [2.05, 4.69) is 9.88 Å². The molecule has 0 bridgehead atoms. The zero-order valence-corrected chi connectivity index (χ0v) is 14.4. The summed E-state index contributed by atoms with van der Waals surface area (Å²) in [6, 6.07) is 15.8. The molecule has 1 amide bonds. The fourth-order valence-corrected chi connectivity index (χ4v) is 3.29. The van der Waals surface area contributed by atoms with E-state index in [1.165, 1.54) is 0 Å². The Balaban J connectivity index is 1.38. The van der Waals surface area contributed by atoms with Crippen LogP contribution in [0, 0.1) is 0 Å². The van der Waals surface area contributed by atoms with Gasteiger partial charge >= 0.3 is 0 Å². The molecule has 6 heteroatoms. The highest BCUT2D eigenvalue weighted by atomic mass is 35.5. The van der Waals surface area contributed by atoms with E-state index < -0.39 is 0 Å². The summed E-state index contributed by atoms with van der Waals surface area (Å²) in [5.41, 5.74) is 2.59. The van der Waals surface area contributed by atoms with Crippen LogP contribution in [0.25, 0.3) is 11.1 Å². The summed E-state index contributed by atoms with van der Waals surface area (Å²) in [6.07, 6.45) is 0.378. The smallest absolute Gasteiger partial charge is 0.298 e. The number of anilines is 1. The van der Waals surface area contributed by atoms with Gasteiger partial charge in [-0.1, -0.05) is 35.9 Å². The zero-order valence-electron chi connectivity index (χ0n) is 13.7. The minimum atomic E-state index is 0.125. The van der Waals surface area contributed by atoms with Gasteiger partial charge in [-0.3, -0.25) is 4.79 Å². The van der Waals surface area contributed by atoms with Crippen LogP contribution < -0.4 is 4.90 Å². The number of hydrogen-bond acceptors (Lipinski definition) is 4. The second kappa shape index (κ2) is 6.76. The summed E-state index contributed by atoms with van der Waals surface area (Å²) in [7, 11) is 0. The van der Waals surface area contributed by atoms with Gasteiger partial charge in [-0.25, -0.2) is 0 Å². The van der Waals surface area contributed by atoms with Crippen molar-refractivity contribution in [3.05, 3.63) is 59.1 Å². The van der Waals surface area contributed by atoms with Crippen molar-refractivity contribution in [1.82, 2.24) is 9.88 Å². The number of nitrogens with zero attached hydrogens (tertiary/aromatic N) is 3. The number of hydrogen-bond donors (Lipinski definition) is 0. The number of carbonyl (C=O) groups is 1. The maximum absolute atomic E-state index is 12.5. The van der Waals surface area contributed by atoms with E-state index in [9.17, 15) is 4.79 Å². The van der Waals surface area contributed by atoms with E-state index in [0.29, 0.717) is 43.6 Å². The van der Waals surface area contributed by atoms with E-state index in [1.807, 2.05) is 53.4 Å². The first-order valence-electron chi connectivity index (χ1n) is 8.32. The second-order valence-electron chi connectivity index (χ2n) is 6.14. The number of para-hydroxylation sites is 2. The molecule has 1 aliphatic heterocycles. The van der Waals surface area contributed by atoms with Gasteiger partial charge in [0.2, 0.25) is 5.91 Å². The Hall–Kier alpha value is -2.53. The molecule has 0 radical (unpaired) electrons. The average Bonchev–Trinajstić information content (AvgIpc) is 3.06. The molecule has 5 nitrogen and oxygen atoms in total. The highest BCUT2D eigenvalue weighted by molar-refractivity contribution is 6.30. The van der Waals surface area contributed by atoms with Gasteiger partial charge < -0.3 is 14.2 Å². The maximum Gasteiger partial charge on any atom is 0.298 e. The third kappa shape index (κ3) is 3.46. The van der Waals surface area contributed by atoms with Crippen LogP contribution in [0.3, 0.4) is 0 Å². The molecule has 0 unspecified atom stereocenters. The van der Waals surface area contributed by atoms with Crippen LogP contribution in [0.2, 0.25) is 5.02 Å². The number of benzene rings is 2. The first-order chi connectivity index (χ1) is 12.2. The van der Waals surface area contributed by atoms with Crippen molar-refractivity contribution in [1.29, 1.82) is 0 Å². The van der Waals surface area contributed by atoms with Crippen LogP contribution in [0.1, 0.15) is 5.56 Å². The molecule has 0 atom stereocenters. The first kappa shape index (κ1) is 16.0. The van der Waals surface area contributed by atoms with E-state index in [4.69, 9.17) is 16.0 Å². The van der Waals surface area contributed by atoms with Crippen LogP contribution in [0.4, 0.5) is 6.01 Å². The van der Waals surface area contributed by atoms with Crippen molar-refractivity contribution in [3.8, 4) is 0 Å². The lowest BCUT2D eigenvalue weighted by atomic mass is 10.1. The van der Waals surface area contributed by atoms with Crippen LogP contribution in [-0.4, -0.2) is 42.0 Å². The van der Waals surface area contributed by atoms with Crippen molar-refractivity contribution in [2.75, 3.05) is 31.1 Å². The zero-order chi connectivity index (χ0) is 17.2. The number of rotatable bonds is 3. The average molecular weight is 356 g/mol. The Kier molecular flexibility index (Phi) is 4.32. The van der Waals surface area contributed by atoms with Crippen LogP contribution >= 0.6 is 11.6 Å². The van der Waals surface area contributed by atoms with Crippen molar-refractivity contribution >= 4 is 34.6 Å². The van der Waals surface area contributed by atoms with Gasteiger partial charge in [-0.05, 0) is 29.8 Å². The molecule has 128 valence electrons. The number of aromatic nitrogens is 1. The fraction of sp³-hybridized carbons (Fsp3) is 0.263. The van der Waals surface area contributed by atoms with Crippen molar-refractivity contribution < 1.29 is 9.21 Å². The lowest BCUT2D eigenvalue weighted by molar-refractivity contribution is -0.130. The van der Waals surface area contributed by atoms with E-state index >= 15 is 0 Å². The highest BCUT2D eigenvalue weighted by Gasteiger charge is 2.24. The summed E-state index contributed by atoms with van der Waals surface area (Å²) in [5.74, 6) is 0.125. The molecule has 1 aliphatic rings. The molecule has 3 aromatic rings. The lowest BCUT2D eigenvalue weighted by Gasteiger charge is -2.33. The predicted octanol–water partition coefficient (Wildman–Crippen LogP) is 3.37. The van der Waals surface area contributed by atoms with E-state index in [-0.39, 0.29) is 5.91 Å². The Morgan fingerprint density at radius 1 is 1.08 bits per heavy atom. The molecular weight excluding hydrogens is 338 g/mol. The molecule has 1 fully saturated rings. The molecule has 1 aromatic heterocycles. The van der Waals surface area contributed by atoms with Gasteiger partial charge in [0.1, 0.15) is 5.52 Å². The standard InChI is InChI=1S/C19H18ClN3O2/c20-15-5-3-4-14(12-15)13-18(24)22-8-10-23(11-9-22)19-21-16-6-1-2-7-17(16)25-19/h1-7,12H,8-11,13H2. The summed E-state index contributed by atoms with van der Waals surface area (Å²) in [4.78, 5) is 21.0. The summed E-state index contributed by atoms with van der Waals surface area (Å²) >= 11 is 5.99. The van der Waals surface area contributed by atoms with Crippen LogP contribution in [-0.2, 0) is 11.2 Å². The summed E-state index contributed by atoms with van der Waals surface area (Å²) < 4.78 is 5.81. The molecule has 4 rings (SSSR count). The number of halogens is 1. The molecule has 2 heterocycles. The number of oxazole rings is 1. The monoisotopic (exact) mass is 355 g/mol. The third-order valence-electron chi connectivity index (χ3n) is 4.43. The van der Waals surface area contributed by atoms with Crippen molar-refractivity contribution in [3.63, 3.8) is 0 Å². The quantitative estimate of drug-likeness (QED) is 0.722. The number of fused-ring (bicyclic) bond motifs is 1.